The van der Waals surface area contributed by atoms with Gasteiger partial charge in [-0.05, 0) is 12.1 Å². The van der Waals surface area contributed by atoms with Crippen LogP contribution in [0.25, 0.3) is 0 Å². The molecule has 1 aromatic carbocycles. The van der Waals surface area contributed by atoms with E-state index in [1.165, 1.54) is 29.6 Å². The number of phenols is 1. The maximum Gasteiger partial charge on any atom is 0.304 e. The maximum atomic E-state index is 11.9. The van der Waals surface area contributed by atoms with Crippen molar-refractivity contribution >= 4 is 21.4 Å². The monoisotopic (exact) mass is 286 g/mol. The number of aromatic nitrogens is 1. The predicted molar refractivity (Wildman–Crippen MR) is 67.1 cm³/mol. The lowest BCUT2D eigenvalue weighted by Gasteiger charge is -2.06. The minimum Gasteiger partial charge on any atom is -0.507 e. The molecule has 0 radical (unpaired) electrons. The van der Waals surface area contributed by atoms with E-state index < -0.39 is 10.0 Å². The van der Waals surface area contributed by atoms with Crippen molar-refractivity contribution in [3.63, 3.8) is 0 Å². The number of H-pyrrole nitrogens is 1. The highest BCUT2D eigenvalue weighted by molar-refractivity contribution is 7.89. The van der Waals surface area contributed by atoms with Crippen molar-refractivity contribution in [2.45, 2.75) is 11.4 Å². The number of sulfonamides is 1. The lowest BCUT2D eigenvalue weighted by atomic mass is 10.3. The molecule has 3 N–H and O–H groups in total. The molecule has 0 saturated heterocycles. The van der Waals surface area contributed by atoms with Gasteiger partial charge in [0.25, 0.3) is 0 Å². The summed E-state index contributed by atoms with van der Waals surface area (Å²) in [4.78, 5) is 12.9. The van der Waals surface area contributed by atoms with Gasteiger partial charge >= 0.3 is 4.87 Å². The molecule has 6 nitrogen and oxygen atoms in total. The minimum absolute atomic E-state index is 0.0323. The first kappa shape index (κ1) is 12.8. The van der Waals surface area contributed by atoms with Gasteiger partial charge in [-0.1, -0.05) is 23.5 Å². The summed E-state index contributed by atoms with van der Waals surface area (Å²) in [5.41, 5.74) is 0.476. The molecule has 1 heterocycles. The van der Waals surface area contributed by atoms with Gasteiger partial charge < -0.3 is 10.1 Å². The van der Waals surface area contributed by atoms with Gasteiger partial charge in [0.1, 0.15) is 10.6 Å². The highest BCUT2D eigenvalue weighted by Gasteiger charge is 2.17. The van der Waals surface area contributed by atoms with Gasteiger partial charge in [-0.25, -0.2) is 13.1 Å². The maximum absolute atomic E-state index is 11.9. The number of thiazole rings is 1. The molecule has 2 aromatic rings. The zero-order chi connectivity index (χ0) is 13.2. The van der Waals surface area contributed by atoms with Crippen LogP contribution in [0.2, 0.25) is 0 Å². The molecular formula is C10H10N2O4S2. The van der Waals surface area contributed by atoms with E-state index in [1.807, 2.05) is 0 Å². The van der Waals surface area contributed by atoms with Crippen molar-refractivity contribution in [3.8, 4) is 5.75 Å². The first-order chi connectivity index (χ1) is 8.49. The largest absolute Gasteiger partial charge is 0.507 e. The number of nitrogens with one attached hydrogen (secondary N) is 2. The van der Waals surface area contributed by atoms with Gasteiger partial charge in [0.2, 0.25) is 10.0 Å². The normalized spacial score (nSPS) is 11.6. The summed E-state index contributed by atoms with van der Waals surface area (Å²) in [6.07, 6.45) is 0. The first-order valence-corrected chi connectivity index (χ1v) is 7.30. The molecule has 0 aliphatic carbocycles. The number of rotatable bonds is 4. The third-order valence-electron chi connectivity index (χ3n) is 2.18. The number of hydrogen-bond acceptors (Lipinski definition) is 5. The third-order valence-corrected chi connectivity index (χ3v) is 4.35. The molecule has 0 atom stereocenters. The molecular weight excluding hydrogens is 276 g/mol. The molecule has 0 aliphatic rings. The van der Waals surface area contributed by atoms with E-state index in [0.29, 0.717) is 5.69 Å². The highest BCUT2D eigenvalue weighted by atomic mass is 32.2. The van der Waals surface area contributed by atoms with Gasteiger partial charge in [-0.15, -0.1) is 0 Å². The van der Waals surface area contributed by atoms with Gasteiger partial charge in [0.05, 0.1) is 6.54 Å². The van der Waals surface area contributed by atoms with Gasteiger partial charge in [-0.2, -0.15) is 0 Å². The van der Waals surface area contributed by atoms with Gasteiger partial charge in [0, 0.05) is 11.1 Å². The molecule has 1 aromatic heterocycles. The fraction of sp³-hybridized carbons (Fsp3) is 0.100. The summed E-state index contributed by atoms with van der Waals surface area (Å²) in [6.45, 7) is -0.0323. The van der Waals surface area contributed by atoms with Gasteiger partial charge in [-0.3, -0.25) is 4.79 Å². The van der Waals surface area contributed by atoms with E-state index in [9.17, 15) is 18.3 Å². The summed E-state index contributed by atoms with van der Waals surface area (Å²) >= 11 is 0.959. The van der Waals surface area contributed by atoms with Gasteiger partial charge in [0.15, 0.2) is 0 Å². The Kier molecular flexibility index (Phi) is 3.50. The minimum atomic E-state index is -3.80. The van der Waals surface area contributed by atoms with Crippen molar-refractivity contribution in [3.05, 3.63) is 45.0 Å². The summed E-state index contributed by atoms with van der Waals surface area (Å²) in [5, 5.41) is 11.0. The lowest BCUT2D eigenvalue weighted by molar-refractivity contribution is 0.458. The summed E-state index contributed by atoms with van der Waals surface area (Å²) < 4.78 is 26.0. The molecule has 0 amide bonds. The average molecular weight is 286 g/mol. The molecule has 0 unspecified atom stereocenters. The quantitative estimate of drug-likeness (QED) is 0.767. The number of aromatic amines is 1. The number of phenolic OH excluding ortho intramolecular Hbond substituents is 1. The zero-order valence-electron chi connectivity index (χ0n) is 9.08. The molecule has 8 heteroatoms. The van der Waals surface area contributed by atoms with E-state index in [-0.39, 0.29) is 22.1 Å². The van der Waals surface area contributed by atoms with Crippen molar-refractivity contribution < 1.29 is 13.5 Å². The number of hydrogen-bond donors (Lipinski definition) is 3. The van der Waals surface area contributed by atoms with Crippen LogP contribution in [0, 0.1) is 0 Å². The summed E-state index contributed by atoms with van der Waals surface area (Å²) in [5.74, 6) is -0.316. The molecule has 0 spiro atoms. The molecule has 0 bridgehead atoms. The molecule has 96 valence electrons. The fourth-order valence-electron chi connectivity index (χ4n) is 1.34. The SMILES string of the molecule is O=c1[nH]c(CNS(=O)(=O)c2ccccc2O)cs1. The van der Waals surface area contributed by atoms with Crippen molar-refractivity contribution in [1.82, 2.24) is 9.71 Å². The Labute approximate surface area is 107 Å². The summed E-state index contributed by atoms with van der Waals surface area (Å²) in [6, 6.07) is 5.64. The molecule has 18 heavy (non-hydrogen) atoms. The summed E-state index contributed by atoms with van der Waals surface area (Å²) in [7, 11) is -3.80. The average Bonchev–Trinajstić information content (AvgIpc) is 2.73. The van der Waals surface area contributed by atoms with E-state index >= 15 is 0 Å². The topological polar surface area (TPSA) is 99.3 Å². The second-order valence-corrected chi connectivity index (χ2v) is 6.04. The van der Waals surface area contributed by atoms with Crippen molar-refractivity contribution in [2.75, 3.05) is 0 Å². The molecule has 0 fully saturated rings. The Balaban J connectivity index is 2.18. The Morgan fingerprint density at radius 3 is 2.67 bits per heavy atom. The number of para-hydroxylation sites is 1. The van der Waals surface area contributed by atoms with Crippen LogP contribution >= 0.6 is 11.3 Å². The Bertz CT molecular complexity index is 702. The molecule has 0 saturated carbocycles. The zero-order valence-corrected chi connectivity index (χ0v) is 10.7. The predicted octanol–water partition coefficient (Wildman–Crippen LogP) is 0.620. The van der Waals surface area contributed by atoms with Crippen LogP contribution in [0.4, 0.5) is 0 Å². The smallest absolute Gasteiger partial charge is 0.304 e. The Morgan fingerprint density at radius 1 is 1.33 bits per heavy atom. The van der Waals surface area contributed by atoms with Crippen LogP contribution in [0.1, 0.15) is 5.69 Å². The molecule has 2 rings (SSSR count). The third kappa shape index (κ3) is 2.78. The van der Waals surface area contributed by atoms with E-state index in [2.05, 4.69) is 9.71 Å². The van der Waals surface area contributed by atoms with Crippen molar-refractivity contribution in [2.24, 2.45) is 0 Å². The van der Waals surface area contributed by atoms with Crippen LogP contribution in [-0.2, 0) is 16.6 Å². The Hall–Kier alpha value is -1.64. The second-order valence-electron chi connectivity index (χ2n) is 3.47. The number of aromatic hydroxyl groups is 1. The van der Waals surface area contributed by atoms with Crippen molar-refractivity contribution in [1.29, 1.82) is 0 Å². The van der Waals surface area contributed by atoms with Crippen LogP contribution in [-0.4, -0.2) is 18.5 Å². The fourth-order valence-corrected chi connectivity index (χ4v) is 3.02. The van der Waals surface area contributed by atoms with Crippen LogP contribution < -0.4 is 9.60 Å². The lowest BCUT2D eigenvalue weighted by Crippen LogP contribution is -2.23. The highest BCUT2D eigenvalue weighted by Crippen LogP contribution is 2.21. The van der Waals surface area contributed by atoms with Crippen LogP contribution in [0.5, 0.6) is 5.75 Å². The Morgan fingerprint density at radius 2 is 2.06 bits per heavy atom. The molecule has 0 aliphatic heterocycles. The van der Waals surface area contributed by atoms with E-state index in [1.54, 1.807) is 0 Å². The number of benzene rings is 1. The standard InChI is InChI=1S/C10H10N2O4S2/c13-8-3-1-2-4-9(8)18(15,16)11-5-7-6-17-10(14)12-7/h1-4,6,11,13H,5H2,(H,12,14). The van der Waals surface area contributed by atoms with E-state index in [4.69, 9.17) is 0 Å². The second kappa shape index (κ2) is 4.92. The van der Waals surface area contributed by atoms with Crippen LogP contribution in [0.3, 0.4) is 0 Å². The van der Waals surface area contributed by atoms with E-state index in [0.717, 1.165) is 11.3 Å². The first-order valence-electron chi connectivity index (χ1n) is 4.93. The van der Waals surface area contributed by atoms with Crippen LogP contribution in [0.15, 0.2) is 39.3 Å².